The SMILES string of the molecule is CCC(C)(C)c1ccc(OCCCCNS(=O)(=O)c2ccc(CC(C)C)cc2)c(C(C)(C)CC)c1. The fourth-order valence-electron chi connectivity index (χ4n) is 3.98. The van der Waals surface area contributed by atoms with E-state index in [9.17, 15) is 8.42 Å². The zero-order valence-electron chi connectivity index (χ0n) is 23.2. The van der Waals surface area contributed by atoms with E-state index in [2.05, 4.69) is 78.3 Å². The van der Waals surface area contributed by atoms with Crippen molar-refractivity contribution in [2.75, 3.05) is 13.2 Å². The molecule has 0 saturated heterocycles. The van der Waals surface area contributed by atoms with Gasteiger partial charge >= 0.3 is 0 Å². The molecule has 4 nitrogen and oxygen atoms in total. The summed E-state index contributed by atoms with van der Waals surface area (Å²) >= 11 is 0. The van der Waals surface area contributed by atoms with Gasteiger partial charge in [0.15, 0.2) is 0 Å². The van der Waals surface area contributed by atoms with Crippen LogP contribution in [0.2, 0.25) is 0 Å². The van der Waals surface area contributed by atoms with Gasteiger partial charge in [0.25, 0.3) is 0 Å². The van der Waals surface area contributed by atoms with Crippen LogP contribution in [0.25, 0.3) is 0 Å². The maximum atomic E-state index is 12.6. The highest BCUT2D eigenvalue weighted by Gasteiger charge is 2.26. The van der Waals surface area contributed by atoms with Crippen LogP contribution in [-0.2, 0) is 27.3 Å². The summed E-state index contributed by atoms with van der Waals surface area (Å²) < 4.78 is 34.1. The number of hydrogen-bond acceptors (Lipinski definition) is 3. The monoisotopic (exact) mass is 501 g/mol. The summed E-state index contributed by atoms with van der Waals surface area (Å²) in [7, 11) is -3.49. The van der Waals surface area contributed by atoms with E-state index in [4.69, 9.17) is 4.74 Å². The third kappa shape index (κ3) is 8.35. The predicted molar refractivity (Wildman–Crippen MR) is 148 cm³/mol. The molecule has 0 spiro atoms. The van der Waals surface area contributed by atoms with E-state index in [1.54, 1.807) is 12.1 Å². The van der Waals surface area contributed by atoms with Crippen LogP contribution in [-0.4, -0.2) is 21.6 Å². The molecule has 0 unspecified atom stereocenters. The van der Waals surface area contributed by atoms with Gasteiger partial charge in [0.1, 0.15) is 5.75 Å². The van der Waals surface area contributed by atoms with Crippen molar-refractivity contribution in [3.8, 4) is 5.75 Å². The Balaban J connectivity index is 1.92. The molecule has 0 aliphatic heterocycles. The van der Waals surface area contributed by atoms with Gasteiger partial charge in [-0.1, -0.05) is 79.7 Å². The van der Waals surface area contributed by atoms with Crippen LogP contribution in [0.3, 0.4) is 0 Å². The summed E-state index contributed by atoms with van der Waals surface area (Å²) in [6.45, 7) is 18.8. The van der Waals surface area contributed by atoms with E-state index >= 15 is 0 Å². The lowest BCUT2D eigenvalue weighted by atomic mass is 9.76. The van der Waals surface area contributed by atoms with Crippen LogP contribution in [0.1, 0.15) is 97.8 Å². The third-order valence-electron chi connectivity index (χ3n) is 7.26. The molecule has 2 aromatic carbocycles. The molecule has 0 saturated carbocycles. The molecule has 2 aromatic rings. The Bertz CT molecular complexity index is 1040. The van der Waals surface area contributed by atoms with Gasteiger partial charge in [0, 0.05) is 12.1 Å². The van der Waals surface area contributed by atoms with Crippen molar-refractivity contribution in [2.45, 2.75) is 103 Å². The molecule has 5 heteroatoms. The number of nitrogens with one attached hydrogen (secondary N) is 1. The summed E-state index contributed by atoms with van der Waals surface area (Å²) in [6, 6.07) is 13.8. The van der Waals surface area contributed by atoms with Gasteiger partial charge in [-0.15, -0.1) is 0 Å². The van der Waals surface area contributed by atoms with Gasteiger partial charge in [-0.05, 0) is 78.2 Å². The Morgan fingerprint density at radius 1 is 0.886 bits per heavy atom. The van der Waals surface area contributed by atoms with Crippen molar-refractivity contribution < 1.29 is 13.2 Å². The van der Waals surface area contributed by atoms with Gasteiger partial charge in [-0.2, -0.15) is 0 Å². The second-order valence-electron chi connectivity index (χ2n) is 11.4. The van der Waals surface area contributed by atoms with Crippen LogP contribution in [0.5, 0.6) is 5.75 Å². The van der Waals surface area contributed by atoms with E-state index in [1.807, 2.05) is 12.1 Å². The summed E-state index contributed by atoms with van der Waals surface area (Å²) in [5, 5.41) is 0. The van der Waals surface area contributed by atoms with E-state index < -0.39 is 10.0 Å². The summed E-state index contributed by atoms with van der Waals surface area (Å²) in [4.78, 5) is 0.322. The molecule has 0 heterocycles. The molecule has 0 fully saturated rings. The number of unbranched alkanes of at least 4 members (excludes halogenated alkanes) is 1. The number of sulfonamides is 1. The molecule has 0 bridgehead atoms. The minimum Gasteiger partial charge on any atom is -0.493 e. The molecule has 1 N–H and O–H groups in total. The van der Waals surface area contributed by atoms with Crippen molar-refractivity contribution >= 4 is 10.0 Å². The zero-order chi connectivity index (χ0) is 26.3. The molecule has 0 atom stereocenters. The van der Waals surface area contributed by atoms with Crippen LogP contribution in [0, 0.1) is 5.92 Å². The molecule has 196 valence electrons. The van der Waals surface area contributed by atoms with Crippen molar-refractivity contribution in [1.29, 1.82) is 0 Å². The van der Waals surface area contributed by atoms with Crippen LogP contribution < -0.4 is 9.46 Å². The van der Waals surface area contributed by atoms with Crippen LogP contribution in [0.15, 0.2) is 47.4 Å². The topological polar surface area (TPSA) is 55.4 Å². The minimum absolute atomic E-state index is 0.0233. The Morgan fingerprint density at radius 2 is 1.51 bits per heavy atom. The molecular weight excluding hydrogens is 454 g/mol. The summed E-state index contributed by atoms with van der Waals surface area (Å²) in [5.74, 6) is 1.48. The largest absolute Gasteiger partial charge is 0.493 e. The van der Waals surface area contributed by atoms with Crippen molar-refractivity contribution in [1.82, 2.24) is 4.72 Å². The van der Waals surface area contributed by atoms with Crippen molar-refractivity contribution in [3.05, 3.63) is 59.2 Å². The second-order valence-corrected chi connectivity index (χ2v) is 13.1. The average molecular weight is 502 g/mol. The Kier molecular flexibility index (Phi) is 10.4. The average Bonchev–Trinajstić information content (AvgIpc) is 2.81. The first kappa shape index (κ1) is 29.4. The van der Waals surface area contributed by atoms with E-state index in [-0.39, 0.29) is 10.8 Å². The lowest BCUT2D eigenvalue weighted by Crippen LogP contribution is -2.25. The summed E-state index contributed by atoms with van der Waals surface area (Å²) in [5.41, 5.74) is 3.91. The second kappa shape index (κ2) is 12.4. The molecular formula is C30H47NO3S. The maximum Gasteiger partial charge on any atom is 0.240 e. The molecule has 0 aliphatic rings. The minimum atomic E-state index is -3.49. The molecule has 0 aromatic heterocycles. The maximum absolute atomic E-state index is 12.6. The fourth-order valence-corrected chi connectivity index (χ4v) is 5.05. The third-order valence-corrected chi connectivity index (χ3v) is 8.73. The number of benzene rings is 2. The van der Waals surface area contributed by atoms with Gasteiger partial charge in [0.05, 0.1) is 11.5 Å². The molecule has 0 radical (unpaired) electrons. The Morgan fingerprint density at radius 3 is 2.09 bits per heavy atom. The van der Waals surface area contributed by atoms with Gasteiger partial charge < -0.3 is 4.74 Å². The van der Waals surface area contributed by atoms with E-state index in [0.717, 1.165) is 43.4 Å². The highest BCUT2D eigenvalue weighted by atomic mass is 32.2. The van der Waals surface area contributed by atoms with E-state index in [0.29, 0.717) is 24.0 Å². The highest BCUT2D eigenvalue weighted by Crippen LogP contribution is 2.38. The Hall–Kier alpha value is -1.85. The highest BCUT2D eigenvalue weighted by molar-refractivity contribution is 7.89. The van der Waals surface area contributed by atoms with Crippen molar-refractivity contribution in [3.63, 3.8) is 0 Å². The van der Waals surface area contributed by atoms with E-state index in [1.165, 1.54) is 11.1 Å². The molecule has 35 heavy (non-hydrogen) atoms. The Labute approximate surface area is 214 Å². The lowest BCUT2D eigenvalue weighted by Gasteiger charge is -2.30. The zero-order valence-corrected chi connectivity index (χ0v) is 24.0. The first-order valence-corrected chi connectivity index (χ1v) is 14.7. The number of ether oxygens (including phenoxy) is 1. The summed E-state index contributed by atoms with van der Waals surface area (Å²) in [6.07, 6.45) is 4.56. The molecule has 0 aliphatic carbocycles. The predicted octanol–water partition coefficient (Wildman–Crippen LogP) is 7.40. The van der Waals surface area contributed by atoms with Crippen LogP contribution in [0.4, 0.5) is 0 Å². The smallest absolute Gasteiger partial charge is 0.240 e. The van der Waals surface area contributed by atoms with Crippen molar-refractivity contribution in [2.24, 2.45) is 5.92 Å². The first-order chi connectivity index (χ1) is 16.3. The standard InChI is InChI=1S/C30H47NO3S/c1-9-29(5,6)25-15-18-28(27(22-25)30(7,8)10-2)34-20-12-11-19-31-35(32,33)26-16-13-24(14-17-26)21-23(3)4/h13-18,22-23,31H,9-12,19-21H2,1-8H3. The lowest BCUT2D eigenvalue weighted by molar-refractivity contribution is 0.296. The molecule has 2 rings (SSSR count). The fraction of sp³-hybridized carbons (Fsp3) is 0.600. The van der Waals surface area contributed by atoms with Gasteiger partial charge in [-0.25, -0.2) is 13.1 Å². The number of hydrogen-bond donors (Lipinski definition) is 1. The first-order valence-electron chi connectivity index (χ1n) is 13.2. The van der Waals surface area contributed by atoms with Gasteiger partial charge in [-0.3, -0.25) is 0 Å². The number of rotatable bonds is 14. The normalized spacial score (nSPS) is 12.8. The molecule has 0 amide bonds. The quantitative estimate of drug-likeness (QED) is 0.274. The van der Waals surface area contributed by atoms with Crippen LogP contribution >= 0.6 is 0 Å². The van der Waals surface area contributed by atoms with Gasteiger partial charge in [0.2, 0.25) is 10.0 Å².